The van der Waals surface area contributed by atoms with Crippen molar-refractivity contribution in [3.8, 4) is 0 Å². The summed E-state index contributed by atoms with van der Waals surface area (Å²) in [6.07, 6.45) is 8.00. The standard InChI is InChI=1S/C16H30O2S/c1-3-5-6-13(4-2)15(17)14-7-9-18-16(11-14)8-10-19-12-16/h13-15,17H,3-12H2,1-2H3. The Morgan fingerprint density at radius 3 is 2.89 bits per heavy atom. The minimum Gasteiger partial charge on any atom is -0.393 e. The number of thioether (sulfide) groups is 1. The number of rotatable bonds is 6. The Morgan fingerprint density at radius 2 is 2.26 bits per heavy atom. The third-order valence-corrected chi connectivity index (χ3v) is 6.24. The van der Waals surface area contributed by atoms with Crippen LogP contribution in [0, 0.1) is 11.8 Å². The maximum atomic E-state index is 10.7. The van der Waals surface area contributed by atoms with E-state index in [0.717, 1.165) is 31.6 Å². The molecule has 0 saturated carbocycles. The van der Waals surface area contributed by atoms with Crippen LogP contribution in [0.15, 0.2) is 0 Å². The maximum absolute atomic E-state index is 10.7. The molecule has 3 heteroatoms. The van der Waals surface area contributed by atoms with Gasteiger partial charge in [-0.2, -0.15) is 11.8 Å². The summed E-state index contributed by atoms with van der Waals surface area (Å²) in [4.78, 5) is 0. The van der Waals surface area contributed by atoms with Gasteiger partial charge in [0.15, 0.2) is 0 Å². The first-order chi connectivity index (χ1) is 9.21. The summed E-state index contributed by atoms with van der Waals surface area (Å²) in [5, 5.41) is 10.7. The lowest BCUT2D eigenvalue weighted by atomic mass is 9.76. The van der Waals surface area contributed by atoms with Gasteiger partial charge in [-0.15, -0.1) is 0 Å². The van der Waals surface area contributed by atoms with Crippen molar-refractivity contribution in [1.82, 2.24) is 0 Å². The van der Waals surface area contributed by atoms with E-state index in [1.165, 1.54) is 31.4 Å². The predicted octanol–water partition coefficient (Wildman–Crippen LogP) is 3.87. The van der Waals surface area contributed by atoms with E-state index in [1.807, 2.05) is 11.8 Å². The molecule has 0 radical (unpaired) electrons. The van der Waals surface area contributed by atoms with Crippen molar-refractivity contribution >= 4 is 11.8 Å². The first kappa shape index (κ1) is 15.7. The molecule has 0 bridgehead atoms. The summed E-state index contributed by atoms with van der Waals surface area (Å²) >= 11 is 2.01. The van der Waals surface area contributed by atoms with Gasteiger partial charge in [0.05, 0.1) is 11.7 Å². The van der Waals surface area contributed by atoms with Gasteiger partial charge in [-0.25, -0.2) is 0 Å². The van der Waals surface area contributed by atoms with Gasteiger partial charge < -0.3 is 9.84 Å². The third-order valence-electron chi connectivity index (χ3n) is 5.02. The molecule has 2 fully saturated rings. The van der Waals surface area contributed by atoms with Crippen molar-refractivity contribution in [1.29, 1.82) is 0 Å². The Morgan fingerprint density at radius 1 is 1.42 bits per heavy atom. The first-order valence-corrected chi connectivity index (χ1v) is 9.26. The number of unbranched alkanes of at least 4 members (excludes halogenated alkanes) is 1. The molecule has 0 amide bonds. The Bertz CT molecular complexity index is 263. The Kier molecular flexibility index (Phi) is 6.04. The average molecular weight is 286 g/mol. The molecule has 0 aliphatic carbocycles. The summed E-state index contributed by atoms with van der Waals surface area (Å²) < 4.78 is 6.07. The molecule has 2 heterocycles. The normalized spacial score (nSPS) is 34.6. The lowest BCUT2D eigenvalue weighted by molar-refractivity contribution is -0.110. The molecule has 2 nitrogen and oxygen atoms in total. The molecule has 2 aliphatic rings. The minimum absolute atomic E-state index is 0.108. The highest BCUT2D eigenvalue weighted by atomic mass is 32.2. The Hall–Kier alpha value is 0.270. The Balaban J connectivity index is 1.91. The van der Waals surface area contributed by atoms with Gasteiger partial charge in [0.25, 0.3) is 0 Å². The number of ether oxygens (including phenoxy) is 1. The van der Waals surface area contributed by atoms with Crippen LogP contribution in [0.5, 0.6) is 0 Å². The van der Waals surface area contributed by atoms with Crippen molar-refractivity contribution in [2.75, 3.05) is 18.1 Å². The highest BCUT2D eigenvalue weighted by molar-refractivity contribution is 7.99. The number of aliphatic hydroxyl groups is 1. The van der Waals surface area contributed by atoms with Crippen LogP contribution in [0.25, 0.3) is 0 Å². The quantitative estimate of drug-likeness (QED) is 0.804. The monoisotopic (exact) mass is 286 g/mol. The van der Waals surface area contributed by atoms with Crippen molar-refractivity contribution in [3.05, 3.63) is 0 Å². The van der Waals surface area contributed by atoms with Gasteiger partial charge in [0.1, 0.15) is 0 Å². The summed E-state index contributed by atoms with van der Waals surface area (Å²) in [5.41, 5.74) is 0.109. The molecule has 19 heavy (non-hydrogen) atoms. The van der Waals surface area contributed by atoms with Crippen LogP contribution in [-0.4, -0.2) is 34.9 Å². The smallest absolute Gasteiger partial charge is 0.0783 e. The second-order valence-corrected chi connectivity index (χ2v) is 7.49. The summed E-state index contributed by atoms with van der Waals surface area (Å²) in [6.45, 7) is 5.31. The second-order valence-electron chi connectivity index (χ2n) is 6.39. The van der Waals surface area contributed by atoms with Crippen LogP contribution in [0.4, 0.5) is 0 Å². The van der Waals surface area contributed by atoms with E-state index in [1.54, 1.807) is 0 Å². The van der Waals surface area contributed by atoms with E-state index in [4.69, 9.17) is 4.74 Å². The van der Waals surface area contributed by atoms with Crippen molar-refractivity contribution in [2.45, 2.75) is 70.5 Å². The SMILES string of the molecule is CCCCC(CC)C(O)C1CCOC2(CCSC2)C1. The van der Waals surface area contributed by atoms with E-state index in [2.05, 4.69) is 13.8 Å². The van der Waals surface area contributed by atoms with Crippen LogP contribution < -0.4 is 0 Å². The zero-order valence-electron chi connectivity index (χ0n) is 12.6. The van der Waals surface area contributed by atoms with E-state index in [-0.39, 0.29) is 11.7 Å². The molecule has 1 N–H and O–H groups in total. The van der Waals surface area contributed by atoms with Gasteiger partial charge in [0.2, 0.25) is 0 Å². The zero-order chi connectivity index (χ0) is 13.7. The maximum Gasteiger partial charge on any atom is 0.0783 e. The van der Waals surface area contributed by atoms with Crippen molar-refractivity contribution < 1.29 is 9.84 Å². The van der Waals surface area contributed by atoms with E-state index in [9.17, 15) is 5.11 Å². The van der Waals surface area contributed by atoms with E-state index >= 15 is 0 Å². The van der Waals surface area contributed by atoms with E-state index in [0.29, 0.717) is 11.8 Å². The van der Waals surface area contributed by atoms with Crippen molar-refractivity contribution in [2.24, 2.45) is 11.8 Å². The van der Waals surface area contributed by atoms with Crippen LogP contribution >= 0.6 is 11.8 Å². The van der Waals surface area contributed by atoms with Crippen LogP contribution in [0.3, 0.4) is 0 Å². The minimum atomic E-state index is -0.108. The lowest BCUT2D eigenvalue weighted by Gasteiger charge is -2.41. The molecule has 112 valence electrons. The number of hydrogen-bond donors (Lipinski definition) is 1. The molecule has 2 aliphatic heterocycles. The summed E-state index contributed by atoms with van der Waals surface area (Å²) in [6, 6.07) is 0. The van der Waals surface area contributed by atoms with E-state index < -0.39 is 0 Å². The molecule has 2 rings (SSSR count). The molecule has 4 unspecified atom stereocenters. The molecule has 0 aromatic rings. The summed E-state index contributed by atoms with van der Waals surface area (Å²) in [5.74, 6) is 3.33. The van der Waals surface area contributed by atoms with Crippen LogP contribution in [0.2, 0.25) is 0 Å². The van der Waals surface area contributed by atoms with Gasteiger partial charge in [0, 0.05) is 12.4 Å². The molecule has 4 atom stereocenters. The van der Waals surface area contributed by atoms with Gasteiger partial charge in [-0.1, -0.05) is 33.1 Å². The third kappa shape index (κ3) is 3.89. The molecule has 0 aromatic carbocycles. The van der Waals surface area contributed by atoms with Gasteiger partial charge in [-0.05, 0) is 43.3 Å². The number of hydrogen-bond acceptors (Lipinski definition) is 3. The van der Waals surface area contributed by atoms with Crippen LogP contribution in [-0.2, 0) is 4.74 Å². The van der Waals surface area contributed by atoms with Crippen molar-refractivity contribution in [3.63, 3.8) is 0 Å². The zero-order valence-corrected chi connectivity index (χ0v) is 13.4. The molecule has 1 spiro atoms. The fourth-order valence-corrected chi connectivity index (χ4v) is 5.07. The summed E-state index contributed by atoms with van der Waals surface area (Å²) in [7, 11) is 0. The predicted molar refractivity (Wildman–Crippen MR) is 82.7 cm³/mol. The second kappa shape index (κ2) is 7.33. The Labute approximate surface area is 122 Å². The van der Waals surface area contributed by atoms with Crippen LogP contribution in [0.1, 0.15) is 58.8 Å². The molecule has 0 aromatic heterocycles. The topological polar surface area (TPSA) is 29.5 Å². The van der Waals surface area contributed by atoms with Gasteiger partial charge >= 0.3 is 0 Å². The highest BCUT2D eigenvalue weighted by Gasteiger charge is 2.43. The lowest BCUT2D eigenvalue weighted by Crippen LogP contribution is -2.44. The fraction of sp³-hybridized carbons (Fsp3) is 1.00. The molecular formula is C16H30O2S. The molecular weight excluding hydrogens is 256 g/mol. The van der Waals surface area contributed by atoms with Gasteiger partial charge in [-0.3, -0.25) is 0 Å². The first-order valence-electron chi connectivity index (χ1n) is 8.10. The largest absolute Gasteiger partial charge is 0.393 e. The average Bonchev–Trinajstić information content (AvgIpc) is 2.87. The highest BCUT2D eigenvalue weighted by Crippen LogP contribution is 2.42. The number of aliphatic hydroxyl groups excluding tert-OH is 1. The fourth-order valence-electron chi connectivity index (χ4n) is 3.69. The molecule has 2 saturated heterocycles.